The first-order valence-corrected chi connectivity index (χ1v) is 8.00. The first-order valence-electron chi connectivity index (χ1n) is 7.62. The van der Waals surface area contributed by atoms with Crippen molar-refractivity contribution in [1.82, 2.24) is 15.1 Å². The molecule has 0 aliphatic heterocycles. The average Bonchev–Trinajstić information content (AvgIpc) is 3.12. The Bertz CT molecular complexity index is 513. The van der Waals surface area contributed by atoms with E-state index in [4.69, 9.17) is 11.6 Å². The van der Waals surface area contributed by atoms with E-state index < -0.39 is 0 Å². The standard InChI is InChI=1S/C15H22ClN3O/c1-3-19-14(13(16)8-17-19)15(20)18-9(2)12-7-10-4-5-11(12)6-10/h8-12H,3-7H2,1-2H3,(H,18,20)/t9-,10+,11+,12+/m1/s1. The second-order valence-electron chi connectivity index (χ2n) is 6.26. The van der Waals surface area contributed by atoms with Gasteiger partial charge in [0.1, 0.15) is 5.69 Å². The second kappa shape index (κ2) is 5.40. The van der Waals surface area contributed by atoms with E-state index in [1.807, 2.05) is 6.92 Å². The number of hydrogen-bond acceptors (Lipinski definition) is 2. The fraction of sp³-hybridized carbons (Fsp3) is 0.733. The van der Waals surface area contributed by atoms with E-state index in [1.165, 1.54) is 25.7 Å². The molecule has 0 aromatic carbocycles. The molecule has 1 heterocycles. The van der Waals surface area contributed by atoms with Crippen LogP contribution in [0.2, 0.25) is 5.02 Å². The molecule has 1 N–H and O–H groups in total. The first-order chi connectivity index (χ1) is 9.60. The van der Waals surface area contributed by atoms with Crippen LogP contribution in [-0.2, 0) is 6.54 Å². The van der Waals surface area contributed by atoms with Crippen molar-refractivity contribution < 1.29 is 4.79 Å². The van der Waals surface area contributed by atoms with Crippen LogP contribution in [0.25, 0.3) is 0 Å². The number of aryl methyl sites for hydroxylation is 1. The van der Waals surface area contributed by atoms with Gasteiger partial charge in [0.15, 0.2) is 0 Å². The van der Waals surface area contributed by atoms with Crippen LogP contribution in [0.3, 0.4) is 0 Å². The summed E-state index contributed by atoms with van der Waals surface area (Å²) in [7, 11) is 0. The van der Waals surface area contributed by atoms with Gasteiger partial charge in [-0.2, -0.15) is 5.10 Å². The predicted octanol–water partition coefficient (Wildman–Crippen LogP) is 3.11. The third-order valence-corrected chi connectivity index (χ3v) is 5.38. The predicted molar refractivity (Wildman–Crippen MR) is 78.8 cm³/mol. The molecule has 110 valence electrons. The molecular formula is C15H22ClN3O. The van der Waals surface area contributed by atoms with Crippen molar-refractivity contribution in [2.45, 2.75) is 52.1 Å². The summed E-state index contributed by atoms with van der Waals surface area (Å²) in [4.78, 5) is 12.4. The topological polar surface area (TPSA) is 46.9 Å². The van der Waals surface area contributed by atoms with Crippen LogP contribution in [-0.4, -0.2) is 21.7 Å². The third kappa shape index (κ3) is 2.34. The Morgan fingerprint density at radius 1 is 1.55 bits per heavy atom. The van der Waals surface area contributed by atoms with Gasteiger partial charge in [0.25, 0.3) is 5.91 Å². The highest BCUT2D eigenvalue weighted by atomic mass is 35.5. The maximum Gasteiger partial charge on any atom is 0.271 e. The molecule has 5 heteroatoms. The zero-order valence-corrected chi connectivity index (χ0v) is 12.9. The lowest BCUT2D eigenvalue weighted by Gasteiger charge is -2.28. The van der Waals surface area contributed by atoms with Crippen LogP contribution in [0.15, 0.2) is 6.20 Å². The van der Waals surface area contributed by atoms with E-state index in [0.29, 0.717) is 23.2 Å². The van der Waals surface area contributed by atoms with E-state index in [9.17, 15) is 4.79 Å². The van der Waals surface area contributed by atoms with Crippen molar-refractivity contribution in [1.29, 1.82) is 0 Å². The van der Waals surface area contributed by atoms with E-state index in [2.05, 4.69) is 17.3 Å². The fourth-order valence-corrected chi connectivity index (χ4v) is 4.34. The van der Waals surface area contributed by atoms with Gasteiger partial charge in [0, 0.05) is 12.6 Å². The number of amides is 1. The molecule has 0 radical (unpaired) electrons. The largest absolute Gasteiger partial charge is 0.348 e. The number of carbonyl (C=O) groups excluding carboxylic acids is 1. The Morgan fingerprint density at radius 2 is 2.35 bits per heavy atom. The second-order valence-corrected chi connectivity index (χ2v) is 6.66. The molecule has 4 nitrogen and oxygen atoms in total. The van der Waals surface area contributed by atoms with Gasteiger partial charge in [-0.3, -0.25) is 9.48 Å². The van der Waals surface area contributed by atoms with Gasteiger partial charge < -0.3 is 5.32 Å². The van der Waals surface area contributed by atoms with Crippen molar-refractivity contribution in [2.75, 3.05) is 0 Å². The van der Waals surface area contributed by atoms with Crippen LogP contribution in [0.4, 0.5) is 0 Å². The lowest BCUT2D eigenvalue weighted by molar-refractivity contribution is 0.0904. The average molecular weight is 296 g/mol. The van der Waals surface area contributed by atoms with E-state index >= 15 is 0 Å². The molecule has 1 aromatic rings. The van der Waals surface area contributed by atoms with Gasteiger partial charge >= 0.3 is 0 Å². The Labute approximate surface area is 124 Å². The Kier molecular flexibility index (Phi) is 3.76. The minimum Gasteiger partial charge on any atom is -0.348 e. The summed E-state index contributed by atoms with van der Waals surface area (Å²) < 4.78 is 1.66. The number of rotatable bonds is 4. The minimum absolute atomic E-state index is 0.0929. The molecule has 2 aliphatic carbocycles. The maximum atomic E-state index is 12.4. The molecule has 3 rings (SSSR count). The van der Waals surface area contributed by atoms with Gasteiger partial charge in [0.2, 0.25) is 0 Å². The molecule has 2 bridgehead atoms. The summed E-state index contributed by atoms with van der Waals surface area (Å²) in [5.41, 5.74) is 0.490. The van der Waals surface area contributed by atoms with Crippen molar-refractivity contribution >= 4 is 17.5 Å². The number of hydrogen-bond donors (Lipinski definition) is 1. The van der Waals surface area contributed by atoms with Gasteiger partial charge in [-0.05, 0) is 50.9 Å². The molecule has 2 saturated carbocycles. The SMILES string of the molecule is CCn1ncc(Cl)c1C(=O)N[C@H](C)[C@@H]1C[C@H]2CC[C@H]1C2. The molecule has 1 amide bonds. The van der Waals surface area contributed by atoms with Crippen molar-refractivity contribution in [2.24, 2.45) is 17.8 Å². The lowest BCUT2D eigenvalue weighted by Crippen LogP contribution is -2.41. The molecule has 0 saturated heterocycles. The normalized spacial score (nSPS) is 29.6. The van der Waals surface area contributed by atoms with Crippen LogP contribution in [0.1, 0.15) is 50.0 Å². The summed E-state index contributed by atoms with van der Waals surface area (Å²) in [6.45, 7) is 4.74. The van der Waals surface area contributed by atoms with E-state index in [0.717, 1.165) is 11.8 Å². The van der Waals surface area contributed by atoms with Crippen LogP contribution >= 0.6 is 11.6 Å². The number of nitrogens with zero attached hydrogens (tertiary/aromatic N) is 2. The van der Waals surface area contributed by atoms with Crippen LogP contribution in [0.5, 0.6) is 0 Å². The molecule has 20 heavy (non-hydrogen) atoms. The van der Waals surface area contributed by atoms with Crippen molar-refractivity contribution in [3.8, 4) is 0 Å². The highest BCUT2D eigenvalue weighted by Crippen LogP contribution is 2.49. The van der Waals surface area contributed by atoms with Gasteiger partial charge in [-0.1, -0.05) is 18.0 Å². The first kappa shape index (κ1) is 13.9. The summed E-state index contributed by atoms with van der Waals surface area (Å²) >= 11 is 6.08. The molecule has 2 aliphatic rings. The number of halogens is 1. The smallest absolute Gasteiger partial charge is 0.271 e. The van der Waals surface area contributed by atoms with Crippen molar-refractivity contribution in [3.05, 3.63) is 16.9 Å². The number of carbonyl (C=O) groups is 1. The summed E-state index contributed by atoms with van der Waals surface area (Å²) in [6, 6.07) is 0.217. The molecule has 1 aromatic heterocycles. The molecule has 4 atom stereocenters. The van der Waals surface area contributed by atoms with E-state index in [1.54, 1.807) is 10.9 Å². The lowest BCUT2D eigenvalue weighted by atomic mass is 9.84. The highest BCUT2D eigenvalue weighted by Gasteiger charge is 2.42. The Hall–Kier alpha value is -1.03. The number of aromatic nitrogens is 2. The molecular weight excluding hydrogens is 274 g/mol. The van der Waals surface area contributed by atoms with Gasteiger partial charge in [-0.25, -0.2) is 0 Å². The maximum absolute atomic E-state index is 12.4. The Morgan fingerprint density at radius 3 is 2.95 bits per heavy atom. The van der Waals surface area contributed by atoms with E-state index in [-0.39, 0.29) is 11.9 Å². The van der Waals surface area contributed by atoms with Gasteiger partial charge in [-0.15, -0.1) is 0 Å². The minimum atomic E-state index is -0.0929. The zero-order valence-electron chi connectivity index (χ0n) is 12.1. The van der Waals surface area contributed by atoms with Crippen molar-refractivity contribution in [3.63, 3.8) is 0 Å². The summed E-state index contributed by atoms with van der Waals surface area (Å²) in [5.74, 6) is 2.25. The summed E-state index contributed by atoms with van der Waals surface area (Å²) in [6.07, 6.45) is 6.90. The fourth-order valence-electron chi connectivity index (χ4n) is 4.12. The summed E-state index contributed by atoms with van der Waals surface area (Å²) in [5, 5.41) is 7.70. The highest BCUT2D eigenvalue weighted by molar-refractivity contribution is 6.33. The number of fused-ring (bicyclic) bond motifs is 2. The third-order valence-electron chi connectivity index (χ3n) is 5.10. The zero-order chi connectivity index (χ0) is 14.3. The molecule has 0 unspecified atom stereocenters. The molecule has 2 fully saturated rings. The number of nitrogens with one attached hydrogen (secondary N) is 1. The molecule has 0 spiro atoms. The Balaban J connectivity index is 1.68. The quantitative estimate of drug-likeness (QED) is 0.928. The van der Waals surface area contributed by atoms with Gasteiger partial charge in [0.05, 0.1) is 11.2 Å². The monoisotopic (exact) mass is 295 g/mol. The van der Waals surface area contributed by atoms with Crippen LogP contribution < -0.4 is 5.32 Å². The van der Waals surface area contributed by atoms with Crippen LogP contribution in [0, 0.1) is 17.8 Å².